The molecule has 146 valence electrons. The number of ether oxygens (including phenoxy) is 2. The molecule has 6 heteroatoms. The Bertz CT molecular complexity index is 857. The Morgan fingerprint density at radius 3 is 2.54 bits per heavy atom. The SMILES string of the molecule is O=C(Nc1cccc(C(=O)NC2CC2)c1)c1cccc(OCC2CCCO2)c1. The molecule has 2 fully saturated rings. The van der Waals surface area contributed by atoms with E-state index in [4.69, 9.17) is 9.47 Å². The largest absolute Gasteiger partial charge is 0.491 e. The van der Waals surface area contributed by atoms with Crippen LogP contribution in [0.4, 0.5) is 5.69 Å². The molecule has 2 aromatic rings. The van der Waals surface area contributed by atoms with Crippen molar-refractivity contribution in [3.05, 3.63) is 59.7 Å². The minimum absolute atomic E-state index is 0.108. The third kappa shape index (κ3) is 4.89. The summed E-state index contributed by atoms with van der Waals surface area (Å²) in [5.74, 6) is 0.283. The molecule has 0 aromatic heterocycles. The van der Waals surface area contributed by atoms with Gasteiger partial charge in [0.15, 0.2) is 0 Å². The highest BCUT2D eigenvalue weighted by Gasteiger charge is 2.24. The zero-order valence-corrected chi connectivity index (χ0v) is 15.6. The summed E-state index contributed by atoms with van der Waals surface area (Å²) >= 11 is 0. The second-order valence-corrected chi connectivity index (χ2v) is 7.26. The number of nitrogens with one attached hydrogen (secondary N) is 2. The van der Waals surface area contributed by atoms with E-state index in [2.05, 4.69) is 10.6 Å². The number of carbonyl (C=O) groups excluding carboxylic acids is 2. The molecular weight excluding hydrogens is 356 g/mol. The van der Waals surface area contributed by atoms with Crippen molar-refractivity contribution >= 4 is 17.5 Å². The molecular formula is C22H24N2O4. The highest BCUT2D eigenvalue weighted by molar-refractivity contribution is 6.05. The van der Waals surface area contributed by atoms with E-state index < -0.39 is 0 Å². The van der Waals surface area contributed by atoms with Crippen molar-refractivity contribution in [1.82, 2.24) is 5.32 Å². The van der Waals surface area contributed by atoms with Crippen LogP contribution in [0.2, 0.25) is 0 Å². The molecule has 1 aliphatic heterocycles. The lowest BCUT2D eigenvalue weighted by molar-refractivity contribution is 0.0679. The van der Waals surface area contributed by atoms with Crippen LogP contribution in [0.15, 0.2) is 48.5 Å². The molecule has 1 saturated carbocycles. The first-order valence-corrected chi connectivity index (χ1v) is 9.74. The molecule has 0 radical (unpaired) electrons. The number of hydrogen-bond donors (Lipinski definition) is 2. The Morgan fingerprint density at radius 1 is 1.00 bits per heavy atom. The first kappa shape index (κ1) is 18.5. The van der Waals surface area contributed by atoms with Crippen molar-refractivity contribution in [2.24, 2.45) is 0 Å². The van der Waals surface area contributed by atoms with Crippen LogP contribution in [0, 0.1) is 0 Å². The van der Waals surface area contributed by atoms with Crippen molar-refractivity contribution in [2.75, 3.05) is 18.5 Å². The summed E-state index contributed by atoms with van der Waals surface area (Å²) in [6, 6.07) is 14.3. The Balaban J connectivity index is 1.37. The van der Waals surface area contributed by atoms with Crippen molar-refractivity contribution in [1.29, 1.82) is 0 Å². The second kappa shape index (κ2) is 8.44. The quantitative estimate of drug-likeness (QED) is 0.772. The highest BCUT2D eigenvalue weighted by atomic mass is 16.5. The van der Waals surface area contributed by atoms with E-state index in [-0.39, 0.29) is 17.9 Å². The normalized spacial score (nSPS) is 18.5. The van der Waals surface area contributed by atoms with Gasteiger partial charge in [-0.25, -0.2) is 0 Å². The van der Waals surface area contributed by atoms with Crippen LogP contribution >= 0.6 is 0 Å². The first-order chi connectivity index (χ1) is 13.7. The third-order valence-corrected chi connectivity index (χ3v) is 4.85. The van der Waals surface area contributed by atoms with Crippen molar-refractivity contribution in [3.8, 4) is 5.75 Å². The number of rotatable bonds is 7. The topological polar surface area (TPSA) is 76.7 Å². The van der Waals surface area contributed by atoms with Gasteiger partial charge in [0.05, 0.1) is 6.10 Å². The van der Waals surface area contributed by atoms with Crippen LogP contribution in [0.1, 0.15) is 46.4 Å². The predicted octanol–water partition coefficient (Wildman–Crippen LogP) is 3.39. The van der Waals surface area contributed by atoms with Crippen LogP contribution < -0.4 is 15.4 Å². The van der Waals surface area contributed by atoms with E-state index in [9.17, 15) is 9.59 Å². The maximum absolute atomic E-state index is 12.6. The Kier molecular flexibility index (Phi) is 5.58. The molecule has 1 atom stereocenters. The summed E-state index contributed by atoms with van der Waals surface area (Å²) in [6.45, 7) is 1.28. The summed E-state index contributed by atoms with van der Waals surface area (Å²) in [5.41, 5.74) is 1.62. The van der Waals surface area contributed by atoms with Gasteiger partial charge in [-0.2, -0.15) is 0 Å². The fourth-order valence-electron chi connectivity index (χ4n) is 3.13. The zero-order valence-electron chi connectivity index (χ0n) is 15.6. The van der Waals surface area contributed by atoms with Crippen LogP contribution in [0.25, 0.3) is 0 Å². The average Bonchev–Trinajstić information content (AvgIpc) is 3.37. The Morgan fingerprint density at radius 2 is 1.79 bits per heavy atom. The molecule has 4 rings (SSSR count). The van der Waals surface area contributed by atoms with E-state index in [0.717, 1.165) is 32.3 Å². The van der Waals surface area contributed by atoms with Crippen LogP contribution in [-0.2, 0) is 4.74 Å². The number of carbonyl (C=O) groups is 2. The summed E-state index contributed by atoms with van der Waals surface area (Å²) in [5, 5.41) is 5.80. The average molecular weight is 380 g/mol. The molecule has 0 bridgehead atoms. The highest BCUT2D eigenvalue weighted by Crippen LogP contribution is 2.21. The van der Waals surface area contributed by atoms with Crippen LogP contribution in [-0.4, -0.2) is 37.2 Å². The molecule has 2 amide bonds. The van der Waals surface area contributed by atoms with Crippen LogP contribution in [0.5, 0.6) is 5.75 Å². The van der Waals surface area contributed by atoms with Gasteiger partial charge in [-0.1, -0.05) is 12.1 Å². The van der Waals surface area contributed by atoms with Gasteiger partial charge in [0.2, 0.25) is 0 Å². The predicted molar refractivity (Wildman–Crippen MR) is 106 cm³/mol. The Labute approximate surface area is 164 Å². The van der Waals surface area contributed by atoms with E-state index >= 15 is 0 Å². The maximum Gasteiger partial charge on any atom is 0.255 e. The molecule has 28 heavy (non-hydrogen) atoms. The monoisotopic (exact) mass is 380 g/mol. The minimum Gasteiger partial charge on any atom is -0.491 e. The van der Waals surface area contributed by atoms with Gasteiger partial charge < -0.3 is 20.1 Å². The third-order valence-electron chi connectivity index (χ3n) is 4.85. The van der Waals surface area contributed by atoms with Crippen molar-refractivity contribution < 1.29 is 19.1 Å². The fourth-order valence-corrected chi connectivity index (χ4v) is 3.13. The molecule has 1 heterocycles. The van der Waals surface area contributed by atoms with Crippen molar-refractivity contribution in [3.63, 3.8) is 0 Å². The number of amides is 2. The maximum atomic E-state index is 12.6. The molecule has 1 unspecified atom stereocenters. The molecule has 2 aromatic carbocycles. The Hall–Kier alpha value is -2.86. The van der Waals surface area contributed by atoms with Gasteiger partial charge in [-0.15, -0.1) is 0 Å². The van der Waals surface area contributed by atoms with Gasteiger partial charge in [-0.05, 0) is 62.1 Å². The standard InChI is InChI=1S/C22H24N2O4/c25-21(23-17-9-10-17)15-4-1-6-18(12-15)24-22(26)16-5-2-7-19(13-16)28-14-20-8-3-11-27-20/h1-2,4-7,12-13,17,20H,3,8-11,14H2,(H,23,25)(H,24,26). The molecule has 1 aliphatic carbocycles. The molecule has 2 aliphatic rings. The summed E-state index contributed by atoms with van der Waals surface area (Å²) in [4.78, 5) is 24.8. The molecule has 1 saturated heterocycles. The number of anilines is 1. The molecule has 0 spiro atoms. The smallest absolute Gasteiger partial charge is 0.255 e. The van der Waals surface area contributed by atoms with Gasteiger partial charge >= 0.3 is 0 Å². The van der Waals surface area contributed by atoms with Gasteiger partial charge in [0.1, 0.15) is 12.4 Å². The van der Waals surface area contributed by atoms with Gasteiger partial charge in [-0.3, -0.25) is 9.59 Å². The first-order valence-electron chi connectivity index (χ1n) is 9.74. The lowest BCUT2D eigenvalue weighted by Gasteiger charge is -2.12. The summed E-state index contributed by atoms with van der Waals surface area (Å²) in [7, 11) is 0. The minimum atomic E-state index is -0.248. The van der Waals surface area contributed by atoms with Gasteiger partial charge in [0.25, 0.3) is 11.8 Å². The second-order valence-electron chi connectivity index (χ2n) is 7.26. The fraction of sp³-hybridized carbons (Fsp3) is 0.364. The van der Waals surface area contributed by atoms with E-state index in [1.807, 2.05) is 6.07 Å². The molecule has 2 N–H and O–H groups in total. The zero-order chi connectivity index (χ0) is 19.3. The molecule has 6 nitrogen and oxygen atoms in total. The number of benzene rings is 2. The van der Waals surface area contributed by atoms with Crippen molar-refractivity contribution in [2.45, 2.75) is 37.8 Å². The van der Waals surface area contributed by atoms with E-state index in [1.54, 1.807) is 42.5 Å². The van der Waals surface area contributed by atoms with Crippen LogP contribution in [0.3, 0.4) is 0 Å². The summed E-state index contributed by atoms with van der Waals surface area (Å²) < 4.78 is 11.3. The number of hydrogen-bond acceptors (Lipinski definition) is 4. The summed E-state index contributed by atoms with van der Waals surface area (Å²) in [6.07, 6.45) is 4.27. The van der Waals surface area contributed by atoms with Gasteiger partial charge in [0, 0.05) is 29.5 Å². The van der Waals surface area contributed by atoms with E-state index in [0.29, 0.717) is 35.2 Å². The lowest BCUT2D eigenvalue weighted by Crippen LogP contribution is -2.25. The van der Waals surface area contributed by atoms with E-state index in [1.165, 1.54) is 0 Å². The lowest BCUT2D eigenvalue weighted by atomic mass is 10.1.